The molecule has 1 amide bonds. The zero-order valence-electron chi connectivity index (χ0n) is 13.1. The lowest BCUT2D eigenvalue weighted by Crippen LogP contribution is -2.42. The molecule has 0 aliphatic heterocycles. The Hall–Kier alpha value is -0.970. The van der Waals surface area contributed by atoms with Crippen LogP contribution in [-0.2, 0) is 4.79 Å². The predicted octanol–water partition coefficient (Wildman–Crippen LogP) is 3.67. The lowest BCUT2D eigenvalue weighted by Gasteiger charge is -2.27. The van der Waals surface area contributed by atoms with Gasteiger partial charge in [-0.25, -0.2) is 0 Å². The number of amides is 1. The molecule has 2 rings (SSSR count). The van der Waals surface area contributed by atoms with Crippen LogP contribution in [0.5, 0.6) is 0 Å². The van der Waals surface area contributed by atoms with Crippen molar-refractivity contribution in [2.75, 3.05) is 24.3 Å². The molecule has 22 heavy (non-hydrogen) atoms. The molecule has 0 heterocycles. The van der Waals surface area contributed by atoms with Gasteiger partial charge in [-0.2, -0.15) is 0 Å². The van der Waals surface area contributed by atoms with Gasteiger partial charge in [0.05, 0.1) is 17.4 Å². The molecule has 124 valence electrons. The number of nitrogens with one attached hydrogen (secondary N) is 1. The van der Waals surface area contributed by atoms with Gasteiger partial charge in [-0.3, -0.25) is 4.79 Å². The van der Waals surface area contributed by atoms with Crippen LogP contribution < -0.4 is 16.0 Å². The fourth-order valence-corrected chi connectivity index (χ4v) is 3.09. The molecule has 6 heteroatoms. The van der Waals surface area contributed by atoms with E-state index in [9.17, 15) is 4.79 Å². The Labute approximate surface area is 143 Å². The SMILES string of the molecule is CN(C)c1ccc(Cl)cc1NC(=O)[C@@H](N)C1CCCCC1.Cl. The molecule has 0 unspecified atom stereocenters. The van der Waals surface area contributed by atoms with Crippen LogP contribution in [0.3, 0.4) is 0 Å². The molecule has 1 atom stereocenters. The standard InChI is InChI=1S/C16H24ClN3O.ClH/c1-20(2)14-9-8-12(17)10-13(14)19-16(21)15(18)11-6-4-3-5-7-11;/h8-11,15H,3-7,18H2,1-2H3,(H,19,21);1H/t15-;/m0./s1. The highest BCUT2D eigenvalue weighted by Crippen LogP contribution is 2.30. The number of nitrogens with zero attached hydrogens (tertiary/aromatic N) is 1. The van der Waals surface area contributed by atoms with Crippen LogP contribution in [0.25, 0.3) is 0 Å². The normalized spacial score (nSPS) is 16.5. The van der Waals surface area contributed by atoms with Crippen LogP contribution >= 0.6 is 24.0 Å². The van der Waals surface area contributed by atoms with Gasteiger partial charge in [0.1, 0.15) is 0 Å². The zero-order valence-corrected chi connectivity index (χ0v) is 14.7. The van der Waals surface area contributed by atoms with Gasteiger partial charge in [-0.15, -0.1) is 12.4 Å². The van der Waals surface area contributed by atoms with Crippen molar-refractivity contribution < 1.29 is 4.79 Å². The Bertz CT molecular complexity index is 502. The van der Waals surface area contributed by atoms with E-state index in [1.165, 1.54) is 19.3 Å². The minimum Gasteiger partial charge on any atom is -0.376 e. The molecule has 1 saturated carbocycles. The summed E-state index contributed by atoms with van der Waals surface area (Å²) in [6.07, 6.45) is 5.69. The first-order chi connectivity index (χ1) is 9.99. The lowest BCUT2D eigenvalue weighted by atomic mass is 9.84. The summed E-state index contributed by atoms with van der Waals surface area (Å²) in [4.78, 5) is 14.3. The smallest absolute Gasteiger partial charge is 0.241 e. The number of benzene rings is 1. The summed E-state index contributed by atoms with van der Waals surface area (Å²) >= 11 is 6.03. The highest BCUT2D eigenvalue weighted by Gasteiger charge is 2.26. The van der Waals surface area contributed by atoms with Crippen LogP contribution in [0.2, 0.25) is 5.02 Å². The molecule has 4 nitrogen and oxygen atoms in total. The molecular formula is C16H25Cl2N3O. The fourth-order valence-electron chi connectivity index (χ4n) is 2.92. The van der Waals surface area contributed by atoms with Crippen molar-refractivity contribution in [2.24, 2.45) is 11.7 Å². The maximum absolute atomic E-state index is 12.4. The number of anilines is 2. The summed E-state index contributed by atoms with van der Waals surface area (Å²) in [5.41, 5.74) is 7.78. The van der Waals surface area contributed by atoms with Gasteiger partial charge >= 0.3 is 0 Å². The minimum absolute atomic E-state index is 0. The number of nitrogens with two attached hydrogens (primary N) is 1. The molecule has 0 aromatic heterocycles. The first-order valence-electron chi connectivity index (χ1n) is 7.52. The Balaban J connectivity index is 0.00000242. The van der Waals surface area contributed by atoms with Gasteiger partial charge < -0.3 is 16.0 Å². The molecule has 3 N–H and O–H groups in total. The molecule has 1 aromatic carbocycles. The summed E-state index contributed by atoms with van der Waals surface area (Å²) in [7, 11) is 3.86. The van der Waals surface area contributed by atoms with E-state index in [-0.39, 0.29) is 18.3 Å². The number of carbonyl (C=O) groups is 1. The van der Waals surface area contributed by atoms with Crippen LogP contribution in [0.4, 0.5) is 11.4 Å². The fraction of sp³-hybridized carbons (Fsp3) is 0.562. The zero-order chi connectivity index (χ0) is 15.4. The molecule has 1 aliphatic rings. The second-order valence-electron chi connectivity index (χ2n) is 5.97. The Morgan fingerprint density at radius 2 is 1.95 bits per heavy atom. The van der Waals surface area contributed by atoms with Gasteiger partial charge in [0.15, 0.2) is 0 Å². The minimum atomic E-state index is -0.445. The van der Waals surface area contributed by atoms with Crippen molar-refractivity contribution in [3.8, 4) is 0 Å². The van der Waals surface area contributed by atoms with E-state index in [0.717, 1.165) is 18.5 Å². The second kappa shape index (κ2) is 8.61. The summed E-state index contributed by atoms with van der Waals surface area (Å²) in [6, 6.07) is 5.03. The molecule has 0 spiro atoms. The first kappa shape index (κ1) is 19.1. The molecule has 0 bridgehead atoms. The third-order valence-electron chi connectivity index (χ3n) is 4.16. The summed E-state index contributed by atoms with van der Waals surface area (Å²) < 4.78 is 0. The van der Waals surface area contributed by atoms with Crippen LogP contribution in [0.15, 0.2) is 18.2 Å². The molecule has 0 radical (unpaired) electrons. The average molecular weight is 346 g/mol. The van der Waals surface area contributed by atoms with Gasteiger partial charge in [0.2, 0.25) is 5.91 Å². The van der Waals surface area contributed by atoms with Crippen molar-refractivity contribution in [2.45, 2.75) is 38.1 Å². The lowest BCUT2D eigenvalue weighted by molar-refractivity contribution is -0.118. The molecule has 1 fully saturated rings. The Morgan fingerprint density at radius 3 is 2.55 bits per heavy atom. The van der Waals surface area contributed by atoms with Gasteiger partial charge in [-0.1, -0.05) is 30.9 Å². The predicted molar refractivity (Wildman–Crippen MR) is 96.2 cm³/mol. The van der Waals surface area contributed by atoms with E-state index >= 15 is 0 Å². The first-order valence-corrected chi connectivity index (χ1v) is 7.90. The van der Waals surface area contributed by atoms with Crippen molar-refractivity contribution in [1.82, 2.24) is 0 Å². The van der Waals surface area contributed by atoms with E-state index in [4.69, 9.17) is 17.3 Å². The highest BCUT2D eigenvalue weighted by molar-refractivity contribution is 6.31. The highest BCUT2D eigenvalue weighted by atomic mass is 35.5. The third kappa shape index (κ3) is 4.77. The van der Waals surface area contributed by atoms with E-state index in [1.54, 1.807) is 6.07 Å². The molecular weight excluding hydrogens is 321 g/mol. The number of rotatable bonds is 4. The molecule has 1 aromatic rings. The summed E-state index contributed by atoms with van der Waals surface area (Å²) in [6.45, 7) is 0. The van der Waals surface area contributed by atoms with Crippen LogP contribution in [0, 0.1) is 5.92 Å². The Morgan fingerprint density at radius 1 is 1.32 bits per heavy atom. The second-order valence-corrected chi connectivity index (χ2v) is 6.41. The van der Waals surface area contributed by atoms with E-state index in [2.05, 4.69) is 5.32 Å². The molecule has 1 aliphatic carbocycles. The average Bonchev–Trinajstić information content (AvgIpc) is 2.47. The van der Waals surface area contributed by atoms with Gasteiger partial charge in [-0.05, 0) is 37.0 Å². The van der Waals surface area contributed by atoms with Crippen molar-refractivity contribution in [3.63, 3.8) is 0 Å². The monoisotopic (exact) mass is 345 g/mol. The van der Waals surface area contributed by atoms with Gasteiger partial charge in [0.25, 0.3) is 0 Å². The third-order valence-corrected chi connectivity index (χ3v) is 4.39. The van der Waals surface area contributed by atoms with E-state index in [0.29, 0.717) is 16.6 Å². The van der Waals surface area contributed by atoms with E-state index in [1.807, 2.05) is 31.1 Å². The van der Waals surface area contributed by atoms with Crippen molar-refractivity contribution in [3.05, 3.63) is 23.2 Å². The van der Waals surface area contributed by atoms with Crippen molar-refractivity contribution in [1.29, 1.82) is 0 Å². The summed E-state index contributed by atoms with van der Waals surface area (Å²) in [5, 5.41) is 3.54. The summed E-state index contributed by atoms with van der Waals surface area (Å²) in [5.74, 6) is 0.174. The number of halogens is 2. The quantitative estimate of drug-likeness (QED) is 0.874. The number of carbonyl (C=O) groups excluding carboxylic acids is 1. The van der Waals surface area contributed by atoms with Gasteiger partial charge in [0, 0.05) is 19.1 Å². The van der Waals surface area contributed by atoms with Crippen molar-refractivity contribution >= 4 is 41.3 Å². The van der Waals surface area contributed by atoms with Crippen LogP contribution in [0.1, 0.15) is 32.1 Å². The topological polar surface area (TPSA) is 58.4 Å². The molecule has 0 saturated heterocycles. The maximum Gasteiger partial charge on any atom is 0.241 e. The Kier molecular flexibility index (Phi) is 7.46. The number of hydrogen-bond donors (Lipinski definition) is 2. The van der Waals surface area contributed by atoms with Crippen LogP contribution in [-0.4, -0.2) is 26.0 Å². The number of hydrogen-bond acceptors (Lipinski definition) is 3. The largest absolute Gasteiger partial charge is 0.376 e. The van der Waals surface area contributed by atoms with E-state index < -0.39 is 6.04 Å². The maximum atomic E-state index is 12.4.